The van der Waals surface area contributed by atoms with Crippen molar-refractivity contribution in [2.75, 3.05) is 20.2 Å². The van der Waals surface area contributed by atoms with Crippen molar-refractivity contribution in [2.45, 2.75) is 17.4 Å². The molecule has 2 aliphatic rings. The number of thioether (sulfide) groups is 1. The van der Waals surface area contributed by atoms with Crippen molar-refractivity contribution in [1.82, 2.24) is 4.90 Å². The van der Waals surface area contributed by atoms with E-state index in [1.807, 2.05) is 35.2 Å². The van der Waals surface area contributed by atoms with E-state index >= 15 is 0 Å². The number of aliphatic hydroxyl groups is 1. The van der Waals surface area contributed by atoms with E-state index in [1.54, 1.807) is 0 Å². The Kier molecular flexibility index (Phi) is 3.43. The first-order valence-corrected chi connectivity index (χ1v) is 7.37. The zero-order valence-corrected chi connectivity index (χ0v) is 12.0. The summed E-state index contributed by atoms with van der Waals surface area (Å²) in [5.74, 6) is -0.321. The van der Waals surface area contributed by atoms with Crippen LogP contribution in [-0.4, -0.2) is 46.6 Å². The van der Waals surface area contributed by atoms with Crippen LogP contribution >= 0.6 is 11.8 Å². The molecule has 5 nitrogen and oxygen atoms in total. The Balaban J connectivity index is 1.99. The summed E-state index contributed by atoms with van der Waals surface area (Å²) in [6.45, 7) is 1.35. The second-order valence-electron chi connectivity index (χ2n) is 4.79. The van der Waals surface area contributed by atoms with E-state index in [1.165, 1.54) is 18.9 Å². The number of hydrogen-bond acceptors (Lipinski definition) is 6. The van der Waals surface area contributed by atoms with Crippen LogP contribution in [0.3, 0.4) is 0 Å². The summed E-state index contributed by atoms with van der Waals surface area (Å²) < 4.78 is 4.74. The summed E-state index contributed by atoms with van der Waals surface area (Å²) >= 11 is 1.45. The molecule has 1 saturated heterocycles. The number of carbonyl (C=O) groups is 1. The highest BCUT2D eigenvalue weighted by Gasteiger charge is 2.54. The summed E-state index contributed by atoms with van der Waals surface area (Å²) in [4.78, 5) is 17.9. The van der Waals surface area contributed by atoms with Crippen LogP contribution < -0.4 is 0 Å². The third kappa shape index (κ3) is 1.99. The van der Waals surface area contributed by atoms with Crippen LogP contribution in [0.15, 0.2) is 35.3 Å². The number of amidine groups is 1. The summed E-state index contributed by atoms with van der Waals surface area (Å²) in [6.07, 6.45) is 0.155. The molecule has 106 valence electrons. The van der Waals surface area contributed by atoms with Gasteiger partial charge in [-0.25, -0.2) is 0 Å². The van der Waals surface area contributed by atoms with Crippen molar-refractivity contribution in [3.05, 3.63) is 35.9 Å². The van der Waals surface area contributed by atoms with Gasteiger partial charge in [-0.15, -0.1) is 0 Å². The topological polar surface area (TPSA) is 62.1 Å². The van der Waals surface area contributed by atoms with Gasteiger partial charge in [0.1, 0.15) is 0 Å². The lowest BCUT2D eigenvalue weighted by Crippen LogP contribution is -2.48. The molecule has 0 aromatic heterocycles. The molecule has 1 aromatic rings. The smallest absolute Gasteiger partial charge is 0.306 e. The standard InChI is InChI=1S/C14H16N2O3S/c1-19-12(17)9-11-14(18,10-5-3-2-4-6-10)16-8-7-15-13(16)20-11/h2-6,11,18H,7-9H2,1H3. The Morgan fingerprint density at radius 3 is 3.00 bits per heavy atom. The molecule has 2 atom stereocenters. The van der Waals surface area contributed by atoms with Crippen molar-refractivity contribution >= 4 is 22.9 Å². The zero-order chi connectivity index (χ0) is 14.2. The molecule has 2 heterocycles. The Morgan fingerprint density at radius 1 is 1.55 bits per heavy atom. The number of benzene rings is 1. The molecule has 0 bridgehead atoms. The van der Waals surface area contributed by atoms with Gasteiger partial charge in [0.15, 0.2) is 10.9 Å². The molecule has 2 aliphatic heterocycles. The lowest BCUT2D eigenvalue weighted by molar-refractivity contribution is -0.143. The molecular formula is C14H16N2O3S. The molecule has 1 aromatic carbocycles. The van der Waals surface area contributed by atoms with Gasteiger partial charge in [-0.3, -0.25) is 9.79 Å². The van der Waals surface area contributed by atoms with E-state index in [-0.39, 0.29) is 17.6 Å². The lowest BCUT2D eigenvalue weighted by Gasteiger charge is -2.36. The van der Waals surface area contributed by atoms with Gasteiger partial charge in [0.05, 0.1) is 25.3 Å². The predicted molar refractivity (Wildman–Crippen MR) is 77.4 cm³/mol. The van der Waals surface area contributed by atoms with Crippen molar-refractivity contribution in [3.63, 3.8) is 0 Å². The minimum Gasteiger partial charge on any atom is -0.469 e. The third-order valence-corrected chi connectivity index (χ3v) is 5.03. The molecule has 0 spiro atoms. The van der Waals surface area contributed by atoms with Gasteiger partial charge < -0.3 is 14.7 Å². The summed E-state index contributed by atoms with van der Waals surface area (Å²) in [6, 6.07) is 9.44. The maximum atomic E-state index is 11.6. The van der Waals surface area contributed by atoms with E-state index in [9.17, 15) is 9.90 Å². The molecule has 3 rings (SSSR count). The van der Waals surface area contributed by atoms with Gasteiger partial charge in [0.25, 0.3) is 0 Å². The van der Waals surface area contributed by atoms with Crippen molar-refractivity contribution in [3.8, 4) is 0 Å². The van der Waals surface area contributed by atoms with E-state index in [4.69, 9.17) is 4.74 Å². The lowest BCUT2D eigenvalue weighted by atomic mass is 9.95. The second-order valence-corrected chi connectivity index (χ2v) is 5.96. The highest BCUT2D eigenvalue weighted by Crippen LogP contribution is 2.47. The fourth-order valence-electron chi connectivity index (χ4n) is 2.67. The quantitative estimate of drug-likeness (QED) is 0.848. The van der Waals surface area contributed by atoms with E-state index in [0.29, 0.717) is 13.1 Å². The van der Waals surface area contributed by atoms with Crippen LogP contribution in [0.25, 0.3) is 0 Å². The highest BCUT2D eigenvalue weighted by atomic mass is 32.2. The molecule has 0 radical (unpaired) electrons. The first-order valence-electron chi connectivity index (χ1n) is 6.49. The SMILES string of the molecule is COC(=O)CC1SC2=NCCN2C1(O)c1ccccc1. The van der Waals surface area contributed by atoms with Crippen LogP contribution in [0.2, 0.25) is 0 Å². The number of hydrogen-bond donors (Lipinski definition) is 1. The van der Waals surface area contributed by atoms with Gasteiger partial charge in [0.2, 0.25) is 0 Å². The van der Waals surface area contributed by atoms with Crippen molar-refractivity contribution in [2.24, 2.45) is 4.99 Å². The third-order valence-electron chi connectivity index (χ3n) is 3.69. The van der Waals surface area contributed by atoms with Crippen LogP contribution in [0, 0.1) is 0 Å². The second kappa shape index (κ2) is 5.10. The van der Waals surface area contributed by atoms with Crippen LogP contribution in [-0.2, 0) is 15.3 Å². The molecule has 0 aliphatic carbocycles. The van der Waals surface area contributed by atoms with E-state index < -0.39 is 5.72 Å². The molecule has 0 amide bonds. The fourth-order valence-corrected chi connectivity index (χ4v) is 4.10. The molecule has 1 N–H and O–H groups in total. The van der Waals surface area contributed by atoms with Gasteiger partial charge in [-0.05, 0) is 0 Å². The first kappa shape index (κ1) is 13.5. The van der Waals surface area contributed by atoms with Gasteiger partial charge in [-0.2, -0.15) is 0 Å². The largest absolute Gasteiger partial charge is 0.469 e. The number of rotatable bonds is 3. The summed E-state index contributed by atoms with van der Waals surface area (Å²) in [5, 5.41) is 11.8. The Labute approximate surface area is 121 Å². The minimum absolute atomic E-state index is 0.155. The number of methoxy groups -OCH3 is 1. The monoisotopic (exact) mass is 292 g/mol. The summed E-state index contributed by atoms with van der Waals surface area (Å²) in [7, 11) is 1.36. The number of esters is 1. The molecule has 6 heteroatoms. The first-order chi connectivity index (χ1) is 9.66. The number of aliphatic imine (C=N–C) groups is 1. The van der Waals surface area contributed by atoms with Crippen LogP contribution in [0.4, 0.5) is 0 Å². The Hall–Kier alpha value is -1.53. The highest BCUT2D eigenvalue weighted by molar-refractivity contribution is 8.14. The van der Waals surface area contributed by atoms with Crippen molar-refractivity contribution in [1.29, 1.82) is 0 Å². The maximum absolute atomic E-state index is 11.6. The van der Waals surface area contributed by atoms with Gasteiger partial charge >= 0.3 is 5.97 Å². The normalized spacial score (nSPS) is 28.2. The molecular weight excluding hydrogens is 276 g/mol. The van der Waals surface area contributed by atoms with E-state index in [2.05, 4.69) is 4.99 Å². The molecule has 0 saturated carbocycles. The average molecular weight is 292 g/mol. The number of carbonyl (C=O) groups excluding carboxylic acids is 1. The van der Waals surface area contributed by atoms with Gasteiger partial charge in [-0.1, -0.05) is 42.1 Å². The van der Waals surface area contributed by atoms with E-state index in [0.717, 1.165) is 10.7 Å². The Bertz CT molecular complexity index is 549. The minimum atomic E-state index is -1.20. The molecule has 20 heavy (non-hydrogen) atoms. The predicted octanol–water partition coefficient (Wildman–Crippen LogP) is 1.18. The number of ether oxygens (including phenoxy) is 1. The Morgan fingerprint density at radius 2 is 2.30 bits per heavy atom. The fraction of sp³-hybridized carbons (Fsp3) is 0.429. The maximum Gasteiger partial charge on any atom is 0.306 e. The molecule has 2 unspecified atom stereocenters. The van der Waals surface area contributed by atoms with Crippen LogP contribution in [0.5, 0.6) is 0 Å². The number of fused-ring (bicyclic) bond motifs is 1. The van der Waals surface area contributed by atoms with Crippen molar-refractivity contribution < 1.29 is 14.6 Å². The summed E-state index contributed by atoms with van der Waals surface area (Å²) in [5.41, 5.74) is -0.413. The van der Waals surface area contributed by atoms with Crippen LogP contribution in [0.1, 0.15) is 12.0 Å². The number of nitrogens with zero attached hydrogens (tertiary/aromatic N) is 2. The molecule has 1 fully saturated rings. The zero-order valence-electron chi connectivity index (χ0n) is 11.2. The average Bonchev–Trinajstić information content (AvgIpc) is 3.03. The van der Waals surface area contributed by atoms with Gasteiger partial charge in [0, 0.05) is 12.1 Å².